The van der Waals surface area contributed by atoms with E-state index < -0.39 is 0 Å². The zero-order chi connectivity index (χ0) is 22.0. The number of carbonyl (C=O) groups excluding carboxylic acids is 1. The number of hydrogen-bond donors (Lipinski definition) is 0. The molecular weight excluding hydrogens is 420 g/mol. The van der Waals surface area contributed by atoms with E-state index in [1.807, 2.05) is 6.07 Å². The van der Waals surface area contributed by atoms with Crippen molar-refractivity contribution in [1.29, 1.82) is 5.26 Å². The van der Waals surface area contributed by atoms with Crippen LogP contribution in [0, 0.1) is 24.2 Å². The molecule has 1 aromatic heterocycles. The molecule has 7 nitrogen and oxygen atoms in total. The van der Waals surface area contributed by atoms with Crippen molar-refractivity contribution in [2.24, 2.45) is 13.0 Å². The number of hydrogen-bond acceptors (Lipinski definition) is 7. The van der Waals surface area contributed by atoms with E-state index >= 15 is 0 Å². The van der Waals surface area contributed by atoms with Crippen LogP contribution in [0.3, 0.4) is 0 Å². The third-order valence-electron chi connectivity index (χ3n) is 5.36. The minimum absolute atomic E-state index is 0.0936. The number of thioether (sulfide) groups is 1. The van der Waals surface area contributed by atoms with E-state index in [0.29, 0.717) is 64.9 Å². The van der Waals surface area contributed by atoms with E-state index in [4.69, 9.17) is 17.0 Å². The van der Waals surface area contributed by atoms with E-state index in [1.54, 1.807) is 24.9 Å². The summed E-state index contributed by atoms with van der Waals surface area (Å²) in [6.07, 6.45) is 2.66. The standard InChI is InChI=1S/C21H26N4O3S2/c1-13(2)5-6-25-20(27)17(30-21(25)29)11-15-14(3)16(12-22)19(26)23(4)18(15)24-7-9-28-10-8-24/h11,13H,5-10H2,1-4H3/b17-11-. The fourth-order valence-corrected chi connectivity index (χ4v) is 4.87. The topological polar surface area (TPSA) is 78.6 Å². The van der Waals surface area contributed by atoms with E-state index in [2.05, 4.69) is 18.7 Å². The molecule has 0 N–H and O–H groups in total. The molecular formula is C21H26N4O3S2. The van der Waals surface area contributed by atoms with Gasteiger partial charge in [0.25, 0.3) is 11.5 Å². The average molecular weight is 447 g/mol. The Balaban J connectivity index is 2.10. The Morgan fingerprint density at radius 2 is 1.97 bits per heavy atom. The average Bonchev–Trinajstić information content (AvgIpc) is 2.98. The number of aromatic nitrogens is 1. The van der Waals surface area contributed by atoms with E-state index in [9.17, 15) is 14.9 Å². The first kappa shape index (κ1) is 22.5. The highest BCUT2D eigenvalue weighted by atomic mass is 32.2. The lowest BCUT2D eigenvalue weighted by Crippen LogP contribution is -2.40. The van der Waals surface area contributed by atoms with Crippen molar-refractivity contribution in [2.75, 3.05) is 37.7 Å². The maximum Gasteiger partial charge on any atom is 0.270 e. The summed E-state index contributed by atoms with van der Waals surface area (Å²) in [5, 5.41) is 9.55. The molecule has 3 heterocycles. The molecule has 0 aromatic carbocycles. The molecule has 0 unspecified atom stereocenters. The number of amides is 1. The number of thiocarbonyl (C=S) groups is 1. The molecule has 0 radical (unpaired) electrons. The lowest BCUT2D eigenvalue weighted by molar-refractivity contribution is -0.122. The summed E-state index contributed by atoms with van der Waals surface area (Å²) in [6, 6.07) is 2.03. The van der Waals surface area contributed by atoms with Gasteiger partial charge in [0.05, 0.1) is 18.1 Å². The largest absolute Gasteiger partial charge is 0.378 e. The highest BCUT2D eigenvalue weighted by molar-refractivity contribution is 8.26. The van der Waals surface area contributed by atoms with Gasteiger partial charge in [-0.3, -0.25) is 19.1 Å². The fraction of sp³-hybridized carbons (Fsp3) is 0.524. The summed E-state index contributed by atoms with van der Waals surface area (Å²) in [4.78, 5) is 30.0. The van der Waals surface area contributed by atoms with Gasteiger partial charge in [0, 0.05) is 32.2 Å². The summed E-state index contributed by atoms with van der Waals surface area (Å²) >= 11 is 6.71. The van der Waals surface area contributed by atoms with Gasteiger partial charge in [-0.1, -0.05) is 37.8 Å². The second-order valence-corrected chi connectivity index (χ2v) is 9.50. The molecule has 0 spiro atoms. The van der Waals surface area contributed by atoms with E-state index in [0.717, 1.165) is 6.42 Å². The Bertz CT molecular complexity index is 1000. The molecule has 30 heavy (non-hydrogen) atoms. The highest BCUT2D eigenvalue weighted by Crippen LogP contribution is 2.36. The van der Waals surface area contributed by atoms with Crippen LogP contribution in [-0.2, 0) is 16.6 Å². The molecule has 2 aliphatic rings. The smallest absolute Gasteiger partial charge is 0.270 e. The number of pyridine rings is 1. The van der Waals surface area contributed by atoms with Gasteiger partial charge in [0.1, 0.15) is 21.8 Å². The summed E-state index contributed by atoms with van der Waals surface area (Å²) < 4.78 is 7.50. The van der Waals surface area contributed by atoms with Crippen LogP contribution in [0.1, 0.15) is 37.0 Å². The number of carbonyl (C=O) groups is 1. The maximum atomic E-state index is 13.0. The zero-order valence-electron chi connectivity index (χ0n) is 17.7. The maximum absolute atomic E-state index is 13.0. The fourth-order valence-electron chi connectivity index (χ4n) is 3.58. The van der Waals surface area contributed by atoms with Crippen LogP contribution in [0.4, 0.5) is 5.82 Å². The molecule has 0 aliphatic carbocycles. The summed E-state index contributed by atoms with van der Waals surface area (Å²) in [6.45, 7) is 8.96. The van der Waals surface area contributed by atoms with Crippen LogP contribution < -0.4 is 10.5 Å². The lowest BCUT2D eigenvalue weighted by atomic mass is 10.0. The Kier molecular flexibility index (Phi) is 7.01. The molecule has 1 aromatic rings. The van der Waals surface area contributed by atoms with Gasteiger partial charge in [0.2, 0.25) is 0 Å². The van der Waals surface area contributed by atoms with Crippen molar-refractivity contribution in [2.45, 2.75) is 27.2 Å². The van der Waals surface area contributed by atoms with E-state index in [-0.39, 0.29) is 17.0 Å². The Morgan fingerprint density at radius 3 is 2.57 bits per heavy atom. The molecule has 2 aliphatic heterocycles. The predicted octanol–water partition coefficient (Wildman–Crippen LogP) is 2.65. The number of anilines is 1. The third kappa shape index (κ3) is 4.31. The molecule has 0 saturated carbocycles. The molecule has 1 amide bonds. The predicted molar refractivity (Wildman–Crippen MR) is 124 cm³/mol. The van der Waals surface area contributed by atoms with Crippen LogP contribution in [0.5, 0.6) is 0 Å². The number of nitrogens with zero attached hydrogens (tertiary/aromatic N) is 4. The SMILES string of the molecule is Cc1c(/C=C2\SC(=S)N(CCC(C)C)C2=O)c(N2CCOCC2)n(C)c(=O)c1C#N. The first-order valence-electron chi connectivity index (χ1n) is 9.98. The highest BCUT2D eigenvalue weighted by Gasteiger charge is 2.33. The Hall–Kier alpha value is -2.15. The number of rotatable bonds is 5. The Morgan fingerprint density at radius 1 is 1.30 bits per heavy atom. The molecule has 0 atom stereocenters. The van der Waals surface area contributed by atoms with Gasteiger partial charge in [-0.05, 0) is 30.9 Å². The van der Waals surface area contributed by atoms with Crippen molar-refractivity contribution in [3.8, 4) is 6.07 Å². The van der Waals surface area contributed by atoms with E-state index in [1.165, 1.54) is 16.3 Å². The molecule has 2 saturated heterocycles. The van der Waals surface area contributed by atoms with Crippen LogP contribution in [-0.4, -0.2) is 52.5 Å². The monoisotopic (exact) mass is 446 g/mol. The quantitative estimate of drug-likeness (QED) is 0.508. The Labute approximate surface area is 186 Å². The molecule has 3 rings (SSSR count). The summed E-state index contributed by atoms with van der Waals surface area (Å²) in [5.74, 6) is 1.05. The minimum Gasteiger partial charge on any atom is -0.378 e. The summed E-state index contributed by atoms with van der Waals surface area (Å²) in [5.41, 5.74) is 1.05. The van der Waals surface area contributed by atoms with Gasteiger partial charge >= 0.3 is 0 Å². The second kappa shape index (κ2) is 9.33. The number of ether oxygens (including phenoxy) is 1. The van der Waals surface area contributed by atoms with Crippen LogP contribution >= 0.6 is 24.0 Å². The zero-order valence-corrected chi connectivity index (χ0v) is 19.4. The van der Waals surface area contributed by atoms with Crippen LogP contribution in [0.25, 0.3) is 6.08 Å². The first-order chi connectivity index (χ1) is 14.3. The van der Waals surface area contributed by atoms with Crippen molar-refractivity contribution >= 4 is 46.1 Å². The van der Waals surface area contributed by atoms with Crippen molar-refractivity contribution < 1.29 is 9.53 Å². The first-order valence-corrected chi connectivity index (χ1v) is 11.2. The van der Waals surface area contributed by atoms with Crippen molar-refractivity contribution in [1.82, 2.24) is 9.47 Å². The number of morpholine rings is 1. The van der Waals surface area contributed by atoms with Gasteiger partial charge < -0.3 is 9.64 Å². The van der Waals surface area contributed by atoms with Crippen molar-refractivity contribution in [3.63, 3.8) is 0 Å². The lowest BCUT2D eigenvalue weighted by Gasteiger charge is -2.32. The normalized spacial score (nSPS) is 18.6. The van der Waals surface area contributed by atoms with Crippen molar-refractivity contribution in [3.05, 3.63) is 31.9 Å². The molecule has 9 heteroatoms. The van der Waals surface area contributed by atoms with Gasteiger partial charge in [-0.2, -0.15) is 5.26 Å². The van der Waals surface area contributed by atoms with Gasteiger partial charge in [-0.15, -0.1) is 0 Å². The number of nitriles is 1. The molecule has 0 bridgehead atoms. The van der Waals surface area contributed by atoms with Crippen LogP contribution in [0.2, 0.25) is 0 Å². The second-order valence-electron chi connectivity index (χ2n) is 7.83. The van der Waals surface area contributed by atoms with Gasteiger partial charge in [-0.25, -0.2) is 0 Å². The minimum atomic E-state index is -0.335. The molecule has 160 valence electrons. The van der Waals surface area contributed by atoms with Gasteiger partial charge in [0.15, 0.2) is 0 Å². The summed E-state index contributed by atoms with van der Waals surface area (Å²) in [7, 11) is 1.67. The third-order valence-corrected chi connectivity index (χ3v) is 6.74. The molecule has 2 fully saturated rings. The van der Waals surface area contributed by atoms with Crippen LogP contribution in [0.15, 0.2) is 9.70 Å².